The fourth-order valence-corrected chi connectivity index (χ4v) is 4.19. The summed E-state index contributed by atoms with van der Waals surface area (Å²) in [7, 11) is 0. The van der Waals surface area contributed by atoms with Gasteiger partial charge in [0.2, 0.25) is 0 Å². The molecule has 1 unspecified atom stereocenters. The maximum Gasteiger partial charge on any atom is 0.123 e. The van der Waals surface area contributed by atoms with Gasteiger partial charge in [0.15, 0.2) is 0 Å². The lowest BCUT2D eigenvalue weighted by Crippen LogP contribution is -2.18. The van der Waals surface area contributed by atoms with Crippen LogP contribution in [0.1, 0.15) is 17.4 Å². The second-order valence-electron chi connectivity index (χ2n) is 5.06. The van der Waals surface area contributed by atoms with E-state index in [1.807, 2.05) is 12.1 Å². The summed E-state index contributed by atoms with van der Waals surface area (Å²) in [5.74, 6) is -0.307. The highest BCUT2D eigenvalue weighted by Gasteiger charge is 2.40. The largest absolute Gasteiger partial charge is 0.380 e. The molecule has 1 atom stereocenters. The van der Waals surface area contributed by atoms with Gasteiger partial charge in [-0.3, -0.25) is 0 Å². The van der Waals surface area contributed by atoms with E-state index >= 15 is 0 Å². The van der Waals surface area contributed by atoms with Gasteiger partial charge in [0, 0.05) is 20.5 Å². The molecule has 0 aliphatic heterocycles. The third kappa shape index (κ3) is 1.32. The Morgan fingerprint density at radius 3 is 2.79 bits per heavy atom. The van der Waals surface area contributed by atoms with Crippen LogP contribution < -0.4 is 0 Å². The number of benzene rings is 2. The SMILES string of the molecule is CC1(O)c2cc(F)ccc2-c2c1sc1ccccc21. The number of hydrogen-bond acceptors (Lipinski definition) is 2. The first-order chi connectivity index (χ1) is 9.09. The topological polar surface area (TPSA) is 20.2 Å². The molecule has 2 aromatic carbocycles. The van der Waals surface area contributed by atoms with Crippen molar-refractivity contribution in [3.8, 4) is 11.1 Å². The van der Waals surface area contributed by atoms with Crippen LogP contribution in [0.15, 0.2) is 42.5 Å². The van der Waals surface area contributed by atoms with Gasteiger partial charge >= 0.3 is 0 Å². The predicted octanol–water partition coefficient (Wildman–Crippen LogP) is 4.28. The Hall–Kier alpha value is -1.71. The summed E-state index contributed by atoms with van der Waals surface area (Å²) in [4.78, 5) is 0.911. The van der Waals surface area contributed by atoms with Crippen LogP contribution in [0.4, 0.5) is 4.39 Å². The van der Waals surface area contributed by atoms with Crippen molar-refractivity contribution in [3.05, 3.63) is 58.7 Å². The average molecular weight is 270 g/mol. The van der Waals surface area contributed by atoms with E-state index in [2.05, 4.69) is 12.1 Å². The minimum atomic E-state index is -1.10. The first kappa shape index (κ1) is 11.1. The summed E-state index contributed by atoms with van der Waals surface area (Å²) >= 11 is 1.58. The zero-order chi connectivity index (χ0) is 13.2. The molecule has 94 valence electrons. The lowest BCUT2D eigenvalue weighted by atomic mass is 9.98. The number of hydrogen-bond donors (Lipinski definition) is 1. The quantitative estimate of drug-likeness (QED) is 0.646. The molecular formula is C16H11FOS. The second-order valence-corrected chi connectivity index (χ2v) is 6.12. The Bertz CT molecular complexity index is 817. The Morgan fingerprint density at radius 2 is 1.95 bits per heavy atom. The van der Waals surface area contributed by atoms with Crippen LogP contribution in [-0.4, -0.2) is 5.11 Å². The van der Waals surface area contributed by atoms with Crippen LogP contribution in [0.25, 0.3) is 21.2 Å². The van der Waals surface area contributed by atoms with Crippen molar-refractivity contribution < 1.29 is 9.50 Å². The zero-order valence-electron chi connectivity index (χ0n) is 10.3. The molecule has 0 amide bonds. The van der Waals surface area contributed by atoms with Crippen LogP contribution in [0.3, 0.4) is 0 Å². The van der Waals surface area contributed by atoms with Gasteiger partial charge in [-0.15, -0.1) is 11.3 Å². The Morgan fingerprint density at radius 1 is 1.16 bits per heavy atom. The van der Waals surface area contributed by atoms with Gasteiger partial charge in [-0.1, -0.05) is 24.3 Å². The normalized spacial score (nSPS) is 20.6. The van der Waals surface area contributed by atoms with Crippen molar-refractivity contribution in [1.82, 2.24) is 0 Å². The van der Waals surface area contributed by atoms with Gasteiger partial charge in [-0.2, -0.15) is 0 Å². The maximum absolute atomic E-state index is 13.4. The summed E-state index contributed by atoms with van der Waals surface area (Å²) in [5, 5.41) is 11.9. The van der Waals surface area contributed by atoms with Crippen molar-refractivity contribution in [2.45, 2.75) is 12.5 Å². The highest BCUT2D eigenvalue weighted by molar-refractivity contribution is 7.20. The lowest BCUT2D eigenvalue weighted by molar-refractivity contribution is 0.111. The average Bonchev–Trinajstić information content (AvgIpc) is 2.87. The number of aliphatic hydroxyl groups is 1. The first-order valence-electron chi connectivity index (χ1n) is 6.14. The van der Waals surface area contributed by atoms with Crippen molar-refractivity contribution in [3.63, 3.8) is 0 Å². The molecule has 0 bridgehead atoms. The number of halogens is 1. The molecule has 3 aromatic rings. The minimum absolute atomic E-state index is 0.307. The van der Waals surface area contributed by atoms with Crippen LogP contribution >= 0.6 is 11.3 Å². The molecule has 3 heteroatoms. The molecule has 19 heavy (non-hydrogen) atoms. The third-order valence-corrected chi connectivity index (χ3v) is 5.19. The van der Waals surface area contributed by atoms with Crippen molar-refractivity contribution in [1.29, 1.82) is 0 Å². The summed E-state index contributed by atoms with van der Waals surface area (Å²) in [5.41, 5.74) is 1.56. The molecule has 1 aliphatic rings. The molecular weight excluding hydrogens is 259 g/mol. The van der Waals surface area contributed by atoms with Crippen LogP contribution in [0.5, 0.6) is 0 Å². The van der Waals surface area contributed by atoms with E-state index in [1.165, 1.54) is 12.1 Å². The Balaban J connectivity index is 2.18. The lowest BCUT2D eigenvalue weighted by Gasteiger charge is -2.18. The number of rotatable bonds is 0. The third-order valence-electron chi connectivity index (χ3n) is 3.81. The Labute approximate surface area is 113 Å². The van der Waals surface area contributed by atoms with Gasteiger partial charge in [-0.25, -0.2) is 4.39 Å². The Kier molecular flexibility index (Phi) is 2.02. The second kappa shape index (κ2) is 3.44. The molecule has 4 rings (SSSR count). The highest BCUT2D eigenvalue weighted by Crippen LogP contribution is 2.54. The fourth-order valence-electron chi connectivity index (χ4n) is 2.92. The van der Waals surface area contributed by atoms with E-state index in [9.17, 15) is 9.50 Å². The number of fused-ring (bicyclic) bond motifs is 5. The standard InChI is InChI=1S/C16H11FOS/c1-16(18)12-8-9(17)6-7-10(12)14-11-4-2-3-5-13(11)19-15(14)16/h2-8,18H,1H3. The van der Waals surface area contributed by atoms with Crippen LogP contribution in [0.2, 0.25) is 0 Å². The van der Waals surface area contributed by atoms with E-state index in [0.717, 1.165) is 26.1 Å². The number of thiophene rings is 1. The van der Waals surface area contributed by atoms with Crippen LogP contribution in [0, 0.1) is 5.82 Å². The van der Waals surface area contributed by atoms with Crippen molar-refractivity contribution in [2.75, 3.05) is 0 Å². The van der Waals surface area contributed by atoms with Crippen molar-refractivity contribution in [2.24, 2.45) is 0 Å². The van der Waals surface area contributed by atoms with E-state index < -0.39 is 5.60 Å². The summed E-state index contributed by atoms with van der Waals surface area (Å²) in [6, 6.07) is 12.8. The van der Waals surface area contributed by atoms with E-state index in [0.29, 0.717) is 5.56 Å². The molecule has 1 aliphatic carbocycles. The molecule has 1 N–H and O–H groups in total. The minimum Gasteiger partial charge on any atom is -0.380 e. The molecule has 0 saturated heterocycles. The van der Waals surface area contributed by atoms with Gasteiger partial charge in [-0.05, 0) is 36.2 Å². The smallest absolute Gasteiger partial charge is 0.123 e. The first-order valence-corrected chi connectivity index (χ1v) is 6.95. The highest BCUT2D eigenvalue weighted by atomic mass is 32.1. The van der Waals surface area contributed by atoms with E-state index in [4.69, 9.17) is 0 Å². The van der Waals surface area contributed by atoms with Gasteiger partial charge in [0.1, 0.15) is 11.4 Å². The molecule has 1 heterocycles. The maximum atomic E-state index is 13.4. The van der Waals surface area contributed by atoms with E-state index in [1.54, 1.807) is 24.3 Å². The van der Waals surface area contributed by atoms with Crippen molar-refractivity contribution >= 4 is 21.4 Å². The monoisotopic (exact) mass is 270 g/mol. The zero-order valence-corrected chi connectivity index (χ0v) is 11.1. The molecule has 0 radical (unpaired) electrons. The van der Waals surface area contributed by atoms with E-state index in [-0.39, 0.29) is 5.82 Å². The fraction of sp³-hybridized carbons (Fsp3) is 0.125. The van der Waals surface area contributed by atoms with Crippen LogP contribution in [-0.2, 0) is 5.60 Å². The van der Waals surface area contributed by atoms with Gasteiger partial charge in [0.25, 0.3) is 0 Å². The predicted molar refractivity (Wildman–Crippen MR) is 75.9 cm³/mol. The molecule has 0 saturated carbocycles. The summed E-state index contributed by atoms with van der Waals surface area (Å²) in [6.07, 6.45) is 0. The summed E-state index contributed by atoms with van der Waals surface area (Å²) in [6.45, 7) is 1.74. The van der Waals surface area contributed by atoms with Gasteiger partial charge < -0.3 is 5.11 Å². The summed E-state index contributed by atoms with van der Waals surface area (Å²) < 4.78 is 14.6. The molecule has 0 fully saturated rings. The molecule has 1 aromatic heterocycles. The molecule has 1 nitrogen and oxygen atoms in total. The molecule has 0 spiro atoms. The van der Waals surface area contributed by atoms with Gasteiger partial charge in [0.05, 0.1) is 0 Å².